The quantitative estimate of drug-likeness (QED) is 0.788. The number of benzene rings is 2. The molecule has 2 unspecified atom stereocenters. The lowest BCUT2D eigenvalue weighted by atomic mass is 10.1. The van der Waals surface area contributed by atoms with Gasteiger partial charge in [-0.15, -0.1) is 0 Å². The van der Waals surface area contributed by atoms with Gasteiger partial charge in [-0.2, -0.15) is 0 Å². The molecule has 2 aromatic carbocycles. The fraction of sp³-hybridized carbons (Fsp3) is 0.263. The van der Waals surface area contributed by atoms with E-state index >= 15 is 0 Å². The van der Waals surface area contributed by atoms with Gasteiger partial charge >= 0.3 is 0 Å². The number of amides is 1. The number of carbonyl (C=O) groups excluding carboxylic acids is 1. The van der Waals surface area contributed by atoms with Crippen LogP contribution in [-0.4, -0.2) is 15.5 Å². The van der Waals surface area contributed by atoms with Crippen LogP contribution in [0.5, 0.6) is 0 Å². The molecule has 1 aliphatic carbocycles. The van der Waals surface area contributed by atoms with Gasteiger partial charge in [-0.3, -0.25) is 4.79 Å². The van der Waals surface area contributed by atoms with Crippen LogP contribution >= 0.6 is 11.6 Å². The third-order valence-electron chi connectivity index (χ3n) is 4.73. The molecular weight excluding hydrogens is 322 g/mol. The number of carbonyl (C=O) groups is 1. The van der Waals surface area contributed by atoms with E-state index in [-0.39, 0.29) is 17.7 Å². The van der Waals surface area contributed by atoms with Gasteiger partial charge in [0.1, 0.15) is 5.82 Å². The van der Waals surface area contributed by atoms with Gasteiger partial charge in [-0.1, -0.05) is 41.9 Å². The van der Waals surface area contributed by atoms with Crippen molar-refractivity contribution in [2.45, 2.75) is 18.9 Å². The summed E-state index contributed by atoms with van der Waals surface area (Å²) in [5.74, 6) is 1.19. The van der Waals surface area contributed by atoms with Gasteiger partial charge in [0.05, 0.1) is 17.6 Å². The number of aryl methyl sites for hydroxylation is 1. The van der Waals surface area contributed by atoms with Crippen LogP contribution in [0.25, 0.3) is 11.0 Å². The van der Waals surface area contributed by atoms with Crippen LogP contribution in [0.15, 0.2) is 48.5 Å². The van der Waals surface area contributed by atoms with Crippen molar-refractivity contribution in [3.05, 3.63) is 64.9 Å². The Morgan fingerprint density at radius 2 is 2.00 bits per heavy atom. The van der Waals surface area contributed by atoms with Gasteiger partial charge in [-0.25, -0.2) is 4.98 Å². The Hall–Kier alpha value is -2.33. The van der Waals surface area contributed by atoms with E-state index in [0.29, 0.717) is 6.54 Å². The number of fused-ring (bicyclic) bond motifs is 1. The van der Waals surface area contributed by atoms with E-state index in [1.54, 1.807) is 0 Å². The monoisotopic (exact) mass is 339 g/mol. The average molecular weight is 340 g/mol. The van der Waals surface area contributed by atoms with Crippen molar-refractivity contribution in [3.63, 3.8) is 0 Å². The molecule has 1 N–H and O–H groups in total. The smallest absolute Gasteiger partial charge is 0.224 e. The van der Waals surface area contributed by atoms with Gasteiger partial charge in [0.2, 0.25) is 5.91 Å². The highest BCUT2D eigenvalue weighted by molar-refractivity contribution is 6.31. The minimum atomic E-state index is 0.0135. The van der Waals surface area contributed by atoms with Crippen LogP contribution in [-0.2, 0) is 18.4 Å². The van der Waals surface area contributed by atoms with Gasteiger partial charge in [-0.05, 0) is 36.1 Å². The Morgan fingerprint density at radius 3 is 2.79 bits per heavy atom. The lowest BCUT2D eigenvalue weighted by molar-refractivity contribution is -0.122. The largest absolute Gasteiger partial charge is 0.349 e. The van der Waals surface area contributed by atoms with Crippen molar-refractivity contribution in [1.29, 1.82) is 0 Å². The van der Waals surface area contributed by atoms with Crippen LogP contribution in [0.1, 0.15) is 23.7 Å². The molecule has 1 saturated carbocycles. The van der Waals surface area contributed by atoms with E-state index < -0.39 is 0 Å². The van der Waals surface area contributed by atoms with Crippen LogP contribution in [0.2, 0.25) is 5.02 Å². The number of rotatable bonds is 4. The van der Waals surface area contributed by atoms with Crippen LogP contribution < -0.4 is 5.32 Å². The summed E-state index contributed by atoms with van der Waals surface area (Å²) in [5.41, 5.74) is 3.09. The molecule has 0 radical (unpaired) electrons. The molecule has 24 heavy (non-hydrogen) atoms. The van der Waals surface area contributed by atoms with E-state index in [1.807, 2.05) is 60.1 Å². The summed E-state index contributed by atoms with van der Waals surface area (Å²) in [5, 5.41) is 3.76. The number of imidazole rings is 1. The summed E-state index contributed by atoms with van der Waals surface area (Å²) in [7, 11) is 1.97. The number of halogens is 1. The number of hydrogen-bond acceptors (Lipinski definition) is 2. The first-order valence-electron chi connectivity index (χ1n) is 8.07. The molecular formula is C19H18ClN3O. The fourth-order valence-electron chi connectivity index (χ4n) is 3.26. The Morgan fingerprint density at radius 1 is 1.25 bits per heavy atom. The van der Waals surface area contributed by atoms with E-state index in [4.69, 9.17) is 11.6 Å². The molecule has 0 saturated heterocycles. The predicted octanol–water partition coefficient (Wildman–Crippen LogP) is 3.65. The molecule has 1 amide bonds. The van der Waals surface area contributed by atoms with Gasteiger partial charge in [0.25, 0.3) is 0 Å². The first-order valence-corrected chi connectivity index (χ1v) is 8.45. The molecule has 1 heterocycles. The summed E-state index contributed by atoms with van der Waals surface area (Å²) < 4.78 is 2.02. The lowest BCUT2D eigenvalue weighted by Gasteiger charge is -2.06. The Kier molecular flexibility index (Phi) is 3.77. The normalized spacial score (nSPS) is 19.4. The topological polar surface area (TPSA) is 46.9 Å². The van der Waals surface area contributed by atoms with Gasteiger partial charge < -0.3 is 9.88 Å². The minimum absolute atomic E-state index is 0.0135. The van der Waals surface area contributed by atoms with Crippen LogP contribution in [0.4, 0.5) is 0 Å². The molecule has 0 bridgehead atoms. The van der Waals surface area contributed by atoms with Crippen molar-refractivity contribution in [2.24, 2.45) is 13.0 Å². The highest BCUT2D eigenvalue weighted by Gasteiger charge is 2.44. The average Bonchev–Trinajstić information content (AvgIpc) is 3.32. The second-order valence-corrected chi connectivity index (χ2v) is 6.67. The van der Waals surface area contributed by atoms with Crippen LogP contribution in [0.3, 0.4) is 0 Å². The molecule has 0 spiro atoms. The highest BCUT2D eigenvalue weighted by atomic mass is 35.5. The maximum atomic E-state index is 12.4. The molecule has 5 heteroatoms. The molecule has 122 valence electrons. The van der Waals surface area contributed by atoms with Crippen molar-refractivity contribution in [3.8, 4) is 0 Å². The molecule has 1 aromatic heterocycles. The van der Waals surface area contributed by atoms with Crippen molar-refractivity contribution < 1.29 is 4.79 Å². The maximum Gasteiger partial charge on any atom is 0.224 e. The zero-order valence-electron chi connectivity index (χ0n) is 13.4. The van der Waals surface area contributed by atoms with Gasteiger partial charge in [0, 0.05) is 18.0 Å². The summed E-state index contributed by atoms with van der Waals surface area (Å²) >= 11 is 6.22. The molecule has 0 aliphatic heterocycles. The zero-order chi connectivity index (χ0) is 16.7. The standard InChI is InChI=1S/C19H18ClN3O/c1-23-17-9-5-4-8-16(17)22-18(23)11-21-19(24)14-10-13(14)12-6-2-3-7-15(12)20/h2-9,13-14H,10-11H2,1H3,(H,21,24). The third kappa shape index (κ3) is 2.67. The van der Waals surface area contributed by atoms with Crippen LogP contribution in [0, 0.1) is 5.92 Å². The molecule has 2 atom stereocenters. The van der Waals surface area contributed by atoms with E-state index in [9.17, 15) is 4.79 Å². The van der Waals surface area contributed by atoms with E-state index in [2.05, 4.69) is 10.3 Å². The Balaban J connectivity index is 1.42. The number of aromatic nitrogens is 2. The van der Waals surface area contributed by atoms with Crippen molar-refractivity contribution in [2.75, 3.05) is 0 Å². The summed E-state index contributed by atoms with van der Waals surface area (Å²) in [4.78, 5) is 17.0. The fourth-order valence-corrected chi connectivity index (χ4v) is 3.53. The number of nitrogens with zero attached hydrogens (tertiary/aromatic N) is 2. The maximum absolute atomic E-state index is 12.4. The first kappa shape index (κ1) is 15.2. The molecule has 4 nitrogen and oxygen atoms in total. The summed E-state index contributed by atoms with van der Waals surface area (Å²) in [6, 6.07) is 15.7. The lowest BCUT2D eigenvalue weighted by Crippen LogP contribution is -2.26. The first-order chi connectivity index (χ1) is 11.6. The third-order valence-corrected chi connectivity index (χ3v) is 5.08. The predicted molar refractivity (Wildman–Crippen MR) is 94.9 cm³/mol. The second kappa shape index (κ2) is 5.95. The zero-order valence-corrected chi connectivity index (χ0v) is 14.1. The number of hydrogen-bond donors (Lipinski definition) is 1. The molecule has 1 fully saturated rings. The number of para-hydroxylation sites is 2. The van der Waals surface area contributed by atoms with E-state index in [1.165, 1.54) is 0 Å². The minimum Gasteiger partial charge on any atom is -0.349 e. The summed E-state index contributed by atoms with van der Waals surface area (Å²) in [6.45, 7) is 0.440. The number of nitrogens with one attached hydrogen (secondary N) is 1. The molecule has 3 aromatic rings. The molecule has 4 rings (SSSR count). The molecule has 1 aliphatic rings. The highest BCUT2D eigenvalue weighted by Crippen LogP contribution is 2.49. The Bertz CT molecular complexity index is 918. The Labute approximate surface area is 145 Å². The van der Waals surface area contributed by atoms with Crippen molar-refractivity contribution >= 4 is 28.5 Å². The SMILES string of the molecule is Cn1c(CNC(=O)C2CC2c2ccccc2Cl)nc2ccccc21. The van der Waals surface area contributed by atoms with Gasteiger partial charge in [0.15, 0.2) is 0 Å². The van der Waals surface area contributed by atoms with Crippen molar-refractivity contribution in [1.82, 2.24) is 14.9 Å². The summed E-state index contributed by atoms with van der Waals surface area (Å²) in [6.07, 6.45) is 0.859. The van der Waals surface area contributed by atoms with E-state index in [0.717, 1.165) is 33.9 Å². The second-order valence-electron chi connectivity index (χ2n) is 6.26.